The predicted molar refractivity (Wildman–Crippen MR) is 74.9 cm³/mol. The van der Waals surface area contributed by atoms with Crippen LogP contribution in [0.2, 0.25) is 0 Å². The first-order chi connectivity index (χ1) is 7.87. The van der Waals surface area contributed by atoms with Crippen LogP contribution < -0.4 is 10.9 Å². The fourth-order valence-corrected chi connectivity index (χ4v) is 3.14. The van der Waals surface area contributed by atoms with E-state index >= 15 is 0 Å². The van der Waals surface area contributed by atoms with Crippen LogP contribution in [0.15, 0.2) is 14.1 Å². The minimum atomic E-state index is -3.88. The summed E-state index contributed by atoms with van der Waals surface area (Å²) in [4.78, 5) is 4.17. The molecule has 0 aliphatic carbocycles. The molecule has 0 atom stereocenters. The number of nitrogens with two attached hydrogens (primary N) is 2. The molecule has 1 rings (SSSR count). The van der Waals surface area contributed by atoms with E-state index in [4.69, 9.17) is 10.9 Å². The lowest BCUT2D eigenvalue weighted by Gasteiger charge is -1.99. The Morgan fingerprint density at radius 3 is 2.88 bits per heavy atom. The van der Waals surface area contributed by atoms with E-state index in [0.29, 0.717) is 12.2 Å². The number of thiol groups is 1. The fraction of sp³-hybridized carbons (Fsp3) is 0.429. The van der Waals surface area contributed by atoms with Gasteiger partial charge in [-0.2, -0.15) is 20.2 Å². The van der Waals surface area contributed by atoms with Crippen LogP contribution in [0.5, 0.6) is 0 Å². The predicted octanol–water partition coefficient (Wildman–Crippen LogP) is 0.616. The highest BCUT2D eigenvalue weighted by atomic mass is 32.2. The van der Waals surface area contributed by atoms with Gasteiger partial charge in [-0.05, 0) is 0 Å². The van der Waals surface area contributed by atoms with Crippen molar-refractivity contribution in [2.75, 3.05) is 5.75 Å². The Labute approximate surface area is 114 Å². The van der Waals surface area contributed by atoms with Crippen molar-refractivity contribution in [3.63, 3.8) is 0 Å². The monoisotopic (exact) mass is 312 g/mol. The van der Waals surface area contributed by atoms with Crippen molar-refractivity contribution in [2.24, 2.45) is 15.3 Å². The first-order valence-corrected chi connectivity index (χ1v) is 8.43. The standard InChI is InChI=1S/C7H12N4O2S4/c8-6(11-17(9,12)13)1-2-15-3-5-4-16-7(14)10-5/h4H,1-3H2,(H2,8,11)(H,10,14)(H2,9,12,13). The Morgan fingerprint density at radius 1 is 1.65 bits per heavy atom. The van der Waals surface area contributed by atoms with Gasteiger partial charge in [-0.1, -0.05) is 0 Å². The molecule has 0 saturated carbocycles. The average Bonchev–Trinajstić information content (AvgIpc) is 2.56. The molecule has 1 aromatic rings. The SMILES string of the molecule is NC(CCSCc1csc(S)n1)=NS(N)(=O)=O. The summed E-state index contributed by atoms with van der Waals surface area (Å²) in [5.41, 5.74) is 6.35. The molecule has 0 aliphatic heterocycles. The summed E-state index contributed by atoms with van der Waals surface area (Å²) >= 11 is 7.17. The van der Waals surface area contributed by atoms with Gasteiger partial charge in [0.1, 0.15) is 10.2 Å². The Bertz CT molecular complexity index is 496. The number of amidine groups is 1. The number of thiazole rings is 1. The third-order valence-corrected chi connectivity index (χ3v) is 4.13. The third-order valence-electron chi connectivity index (χ3n) is 1.54. The molecule has 1 heterocycles. The van der Waals surface area contributed by atoms with Crippen LogP contribution in [0.3, 0.4) is 0 Å². The van der Waals surface area contributed by atoms with Crippen molar-refractivity contribution in [2.45, 2.75) is 16.5 Å². The van der Waals surface area contributed by atoms with Gasteiger partial charge in [0.05, 0.1) is 5.69 Å². The van der Waals surface area contributed by atoms with E-state index in [1.54, 1.807) is 11.8 Å². The lowest BCUT2D eigenvalue weighted by molar-refractivity contribution is 0.599. The molecule has 0 aliphatic rings. The van der Waals surface area contributed by atoms with E-state index in [-0.39, 0.29) is 5.84 Å². The topological polar surface area (TPSA) is 111 Å². The van der Waals surface area contributed by atoms with E-state index in [1.165, 1.54) is 11.3 Å². The highest BCUT2D eigenvalue weighted by Crippen LogP contribution is 2.18. The minimum Gasteiger partial charge on any atom is -0.386 e. The largest absolute Gasteiger partial charge is 0.386 e. The average molecular weight is 312 g/mol. The molecule has 17 heavy (non-hydrogen) atoms. The van der Waals surface area contributed by atoms with Crippen LogP contribution in [-0.2, 0) is 16.0 Å². The molecular formula is C7H12N4O2S4. The highest BCUT2D eigenvalue weighted by Gasteiger charge is 2.02. The number of nitrogens with zero attached hydrogens (tertiary/aromatic N) is 2. The zero-order valence-corrected chi connectivity index (χ0v) is 12.1. The molecule has 0 aromatic carbocycles. The van der Waals surface area contributed by atoms with E-state index in [9.17, 15) is 8.42 Å². The summed E-state index contributed by atoms with van der Waals surface area (Å²) in [6, 6.07) is 0. The second kappa shape index (κ2) is 6.59. The third kappa shape index (κ3) is 6.88. The molecule has 96 valence electrons. The molecule has 1 aromatic heterocycles. The van der Waals surface area contributed by atoms with Crippen molar-refractivity contribution in [1.82, 2.24) is 4.98 Å². The van der Waals surface area contributed by atoms with Crippen molar-refractivity contribution in [1.29, 1.82) is 0 Å². The number of hydrogen-bond acceptors (Lipinski definition) is 6. The Kier molecular flexibility index (Phi) is 5.73. The second-order valence-corrected chi connectivity index (χ2v) is 6.92. The molecule has 6 nitrogen and oxygen atoms in total. The van der Waals surface area contributed by atoms with Crippen molar-refractivity contribution in [3.05, 3.63) is 11.1 Å². The molecule has 4 N–H and O–H groups in total. The molecule has 0 radical (unpaired) electrons. The molecule has 10 heteroatoms. The maximum atomic E-state index is 10.6. The smallest absolute Gasteiger partial charge is 0.318 e. The van der Waals surface area contributed by atoms with Crippen LogP contribution >= 0.6 is 35.7 Å². The zero-order valence-electron chi connectivity index (χ0n) is 8.74. The van der Waals surface area contributed by atoms with Gasteiger partial charge in [0.2, 0.25) is 0 Å². The van der Waals surface area contributed by atoms with Crippen molar-refractivity contribution >= 4 is 51.8 Å². The quantitative estimate of drug-likeness (QED) is 0.308. The van der Waals surface area contributed by atoms with Gasteiger partial charge in [-0.25, -0.2) is 10.1 Å². The summed E-state index contributed by atoms with van der Waals surface area (Å²) in [5.74, 6) is 1.41. The molecule has 0 unspecified atom stereocenters. The molecule has 0 spiro atoms. The summed E-state index contributed by atoms with van der Waals surface area (Å²) in [6.45, 7) is 0. The maximum absolute atomic E-state index is 10.6. The Balaban J connectivity index is 2.27. The number of thioether (sulfide) groups is 1. The first-order valence-electron chi connectivity index (χ1n) is 4.45. The molecular weight excluding hydrogens is 300 g/mol. The second-order valence-electron chi connectivity index (χ2n) is 3.02. The van der Waals surface area contributed by atoms with Crippen LogP contribution in [0, 0.1) is 0 Å². The summed E-state index contributed by atoms with van der Waals surface area (Å²) < 4.78 is 25.1. The van der Waals surface area contributed by atoms with E-state index in [1.807, 2.05) is 5.38 Å². The normalized spacial score (nSPS) is 12.9. The van der Waals surface area contributed by atoms with Crippen LogP contribution in [0.4, 0.5) is 0 Å². The lowest BCUT2D eigenvalue weighted by atomic mass is 10.5. The van der Waals surface area contributed by atoms with Crippen molar-refractivity contribution < 1.29 is 8.42 Å². The lowest BCUT2D eigenvalue weighted by Crippen LogP contribution is -2.19. The van der Waals surface area contributed by atoms with Gasteiger partial charge in [0, 0.05) is 23.3 Å². The van der Waals surface area contributed by atoms with Gasteiger partial charge in [0.25, 0.3) is 0 Å². The van der Waals surface area contributed by atoms with E-state index < -0.39 is 10.2 Å². The Hall–Kier alpha value is -0.290. The number of rotatable bonds is 6. The van der Waals surface area contributed by atoms with Crippen LogP contribution in [0.25, 0.3) is 0 Å². The first kappa shape index (κ1) is 14.8. The highest BCUT2D eigenvalue weighted by molar-refractivity contribution is 7.98. The van der Waals surface area contributed by atoms with E-state index in [0.717, 1.165) is 15.8 Å². The van der Waals surface area contributed by atoms with Gasteiger partial charge in [-0.3, -0.25) is 0 Å². The van der Waals surface area contributed by atoms with Gasteiger partial charge in [0.15, 0.2) is 0 Å². The molecule has 0 saturated heterocycles. The molecule has 0 bridgehead atoms. The van der Waals surface area contributed by atoms with Crippen molar-refractivity contribution in [3.8, 4) is 0 Å². The van der Waals surface area contributed by atoms with E-state index in [2.05, 4.69) is 22.0 Å². The summed E-state index contributed by atoms with van der Waals surface area (Å²) in [6.07, 6.45) is 0.374. The van der Waals surface area contributed by atoms with Crippen LogP contribution in [0.1, 0.15) is 12.1 Å². The molecule has 0 amide bonds. The van der Waals surface area contributed by atoms with Gasteiger partial charge in [-0.15, -0.1) is 28.4 Å². The summed E-state index contributed by atoms with van der Waals surface area (Å²) in [7, 11) is -3.88. The zero-order chi connectivity index (χ0) is 12.9. The molecule has 0 fully saturated rings. The summed E-state index contributed by atoms with van der Waals surface area (Å²) in [5, 5.41) is 6.64. The Morgan fingerprint density at radius 2 is 2.35 bits per heavy atom. The van der Waals surface area contributed by atoms with Gasteiger partial charge >= 0.3 is 10.2 Å². The van der Waals surface area contributed by atoms with Crippen LogP contribution in [-0.4, -0.2) is 25.0 Å². The number of aromatic nitrogens is 1. The fourth-order valence-electron chi connectivity index (χ4n) is 0.925. The minimum absolute atomic E-state index is 0.0214. The maximum Gasteiger partial charge on any atom is 0.318 e. The number of hydrogen-bond donors (Lipinski definition) is 3. The van der Waals surface area contributed by atoms with Gasteiger partial charge < -0.3 is 5.73 Å².